The zero-order valence-electron chi connectivity index (χ0n) is 8.07. The first-order valence-corrected chi connectivity index (χ1v) is 4.92. The average Bonchev–Trinajstić information content (AvgIpc) is 2.15. The molecule has 0 saturated carbocycles. The molecule has 0 aromatic heterocycles. The molecule has 0 aliphatic rings. The van der Waals surface area contributed by atoms with Gasteiger partial charge in [-0.15, -0.1) is 0 Å². The van der Waals surface area contributed by atoms with Crippen molar-refractivity contribution in [3.63, 3.8) is 0 Å². The minimum absolute atomic E-state index is 0.787. The van der Waals surface area contributed by atoms with Gasteiger partial charge in [-0.05, 0) is 17.7 Å². The summed E-state index contributed by atoms with van der Waals surface area (Å²) in [6.07, 6.45) is 4.11. The van der Waals surface area contributed by atoms with Crippen molar-refractivity contribution in [3.8, 4) is 0 Å². The lowest BCUT2D eigenvalue weighted by Crippen LogP contribution is -2.07. The number of benzene rings is 1. The molecule has 0 amide bonds. The molecule has 0 aliphatic heterocycles. The minimum atomic E-state index is 0.787. The smallest absolute Gasteiger partial charge is 0.0361 e. The molecule has 1 aromatic carbocycles. The highest BCUT2D eigenvalue weighted by Crippen LogP contribution is 2.12. The van der Waals surface area contributed by atoms with E-state index in [1.54, 1.807) is 0 Å². The van der Waals surface area contributed by atoms with Crippen LogP contribution in [0.2, 0.25) is 0 Å². The molecule has 1 rings (SSSR count). The van der Waals surface area contributed by atoms with Gasteiger partial charge in [-0.3, -0.25) is 0 Å². The van der Waals surface area contributed by atoms with E-state index in [-0.39, 0.29) is 0 Å². The van der Waals surface area contributed by atoms with Crippen molar-refractivity contribution in [1.82, 2.24) is 0 Å². The first-order chi connectivity index (χ1) is 6.24. The second-order valence-electron chi connectivity index (χ2n) is 3.07. The van der Waals surface area contributed by atoms with Crippen LogP contribution in [0.5, 0.6) is 0 Å². The van der Waals surface area contributed by atoms with Crippen LogP contribution >= 0.6 is 12.6 Å². The van der Waals surface area contributed by atoms with Crippen molar-refractivity contribution in [2.75, 3.05) is 24.7 Å². The van der Waals surface area contributed by atoms with Crippen LogP contribution in [0.1, 0.15) is 5.56 Å². The van der Waals surface area contributed by atoms with Gasteiger partial charge in [0.1, 0.15) is 0 Å². The summed E-state index contributed by atoms with van der Waals surface area (Å²) in [7, 11) is 4.08. The highest BCUT2D eigenvalue weighted by atomic mass is 32.1. The van der Waals surface area contributed by atoms with Crippen LogP contribution in [0.15, 0.2) is 30.3 Å². The second-order valence-corrected chi connectivity index (χ2v) is 3.44. The van der Waals surface area contributed by atoms with E-state index in [0.717, 1.165) is 5.75 Å². The van der Waals surface area contributed by atoms with Gasteiger partial charge in [-0.25, -0.2) is 0 Å². The van der Waals surface area contributed by atoms with E-state index in [1.807, 2.05) is 20.2 Å². The maximum Gasteiger partial charge on any atom is 0.0361 e. The van der Waals surface area contributed by atoms with Crippen LogP contribution in [0.4, 0.5) is 5.69 Å². The molecule has 0 unspecified atom stereocenters. The molecule has 0 radical (unpaired) electrons. The Morgan fingerprint density at radius 1 is 1.23 bits per heavy atom. The predicted molar refractivity (Wildman–Crippen MR) is 63.7 cm³/mol. The fourth-order valence-corrected chi connectivity index (χ4v) is 1.18. The Balaban J connectivity index is 2.75. The SMILES string of the molecule is CN(C)c1ccc(/C=C/CS)cc1. The number of hydrogen-bond donors (Lipinski definition) is 1. The Kier molecular flexibility index (Phi) is 3.90. The van der Waals surface area contributed by atoms with E-state index in [4.69, 9.17) is 0 Å². The first-order valence-electron chi connectivity index (χ1n) is 4.29. The van der Waals surface area contributed by atoms with Gasteiger partial charge >= 0.3 is 0 Å². The van der Waals surface area contributed by atoms with Gasteiger partial charge in [0.25, 0.3) is 0 Å². The molecule has 0 atom stereocenters. The number of thiol groups is 1. The number of nitrogens with zero attached hydrogens (tertiary/aromatic N) is 1. The standard InChI is InChI=1S/C11H15NS/c1-12(2)11-7-5-10(6-8-11)4-3-9-13/h3-8,13H,9H2,1-2H3/b4-3+. The molecule has 0 bridgehead atoms. The normalized spacial score (nSPS) is 10.7. The highest BCUT2D eigenvalue weighted by Gasteiger charge is 1.92. The molecule has 0 aliphatic carbocycles. The van der Waals surface area contributed by atoms with Crippen LogP contribution < -0.4 is 4.90 Å². The summed E-state index contributed by atoms with van der Waals surface area (Å²) in [4.78, 5) is 2.09. The van der Waals surface area contributed by atoms with Crippen molar-refractivity contribution in [1.29, 1.82) is 0 Å². The summed E-state index contributed by atoms with van der Waals surface area (Å²) in [5, 5.41) is 0. The quantitative estimate of drug-likeness (QED) is 0.722. The van der Waals surface area contributed by atoms with Crippen LogP contribution in [0.25, 0.3) is 6.08 Å². The van der Waals surface area contributed by atoms with E-state index < -0.39 is 0 Å². The molecule has 0 N–H and O–H groups in total. The van der Waals surface area contributed by atoms with Gasteiger partial charge in [0.15, 0.2) is 0 Å². The molecular formula is C11H15NS. The summed E-state index contributed by atoms with van der Waals surface area (Å²) in [6, 6.07) is 8.43. The Bertz CT molecular complexity index is 275. The zero-order chi connectivity index (χ0) is 9.68. The molecule has 1 nitrogen and oxygen atoms in total. The van der Waals surface area contributed by atoms with Gasteiger partial charge in [-0.2, -0.15) is 12.6 Å². The number of rotatable bonds is 3. The third kappa shape index (κ3) is 3.15. The first kappa shape index (κ1) is 10.2. The van der Waals surface area contributed by atoms with Crippen molar-refractivity contribution >= 4 is 24.4 Å². The van der Waals surface area contributed by atoms with Gasteiger partial charge in [0, 0.05) is 25.5 Å². The zero-order valence-corrected chi connectivity index (χ0v) is 8.96. The lowest BCUT2D eigenvalue weighted by Gasteiger charge is -2.11. The van der Waals surface area contributed by atoms with Gasteiger partial charge in [-0.1, -0.05) is 24.3 Å². The fourth-order valence-electron chi connectivity index (χ4n) is 1.07. The van der Waals surface area contributed by atoms with Gasteiger partial charge < -0.3 is 4.90 Å². The molecule has 13 heavy (non-hydrogen) atoms. The molecule has 0 heterocycles. The summed E-state index contributed by atoms with van der Waals surface area (Å²) in [5.41, 5.74) is 2.45. The summed E-state index contributed by atoms with van der Waals surface area (Å²) in [6.45, 7) is 0. The fraction of sp³-hybridized carbons (Fsp3) is 0.273. The van der Waals surface area contributed by atoms with Crippen molar-refractivity contribution in [2.24, 2.45) is 0 Å². The van der Waals surface area contributed by atoms with Crippen LogP contribution in [-0.4, -0.2) is 19.8 Å². The topological polar surface area (TPSA) is 3.24 Å². The van der Waals surface area contributed by atoms with Crippen molar-refractivity contribution in [3.05, 3.63) is 35.9 Å². The summed E-state index contributed by atoms with van der Waals surface area (Å²) < 4.78 is 0. The predicted octanol–water partition coefficient (Wildman–Crippen LogP) is 2.70. The molecule has 2 heteroatoms. The molecule has 70 valence electrons. The van der Waals surface area contributed by atoms with E-state index in [0.29, 0.717) is 0 Å². The molecule has 0 spiro atoms. The lowest BCUT2D eigenvalue weighted by molar-refractivity contribution is 1.13. The average molecular weight is 193 g/mol. The minimum Gasteiger partial charge on any atom is -0.378 e. The third-order valence-electron chi connectivity index (χ3n) is 1.83. The second kappa shape index (κ2) is 4.97. The maximum atomic E-state index is 4.11. The molecule has 1 aromatic rings. The Labute approximate surface area is 85.5 Å². The van der Waals surface area contributed by atoms with Crippen LogP contribution in [0.3, 0.4) is 0 Å². The largest absolute Gasteiger partial charge is 0.378 e. The Morgan fingerprint density at radius 2 is 1.85 bits per heavy atom. The molecule has 0 fully saturated rings. The van der Waals surface area contributed by atoms with Crippen molar-refractivity contribution < 1.29 is 0 Å². The maximum absolute atomic E-state index is 4.11. The van der Waals surface area contributed by atoms with Crippen LogP contribution in [-0.2, 0) is 0 Å². The van der Waals surface area contributed by atoms with E-state index in [2.05, 4.69) is 47.9 Å². The molecule has 0 saturated heterocycles. The van der Waals surface area contributed by atoms with Crippen molar-refractivity contribution in [2.45, 2.75) is 0 Å². The third-order valence-corrected chi connectivity index (χ3v) is 2.04. The summed E-state index contributed by atoms with van der Waals surface area (Å²) in [5.74, 6) is 0.787. The number of hydrogen-bond acceptors (Lipinski definition) is 2. The monoisotopic (exact) mass is 193 g/mol. The Hall–Kier alpha value is -0.890. The Morgan fingerprint density at radius 3 is 2.31 bits per heavy atom. The van der Waals surface area contributed by atoms with E-state index >= 15 is 0 Å². The van der Waals surface area contributed by atoms with Gasteiger partial charge in [0.2, 0.25) is 0 Å². The lowest BCUT2D eigenvalue weighted by atomic mass is 10.2. The summed E-state index contributed by atoms with van der Waals surface area (Å²) >= 11 is 4.11. The number of anilines is 1. The molecular weight excluding hydrogens is 178 g/mol. The van der Waals surface area contributed by atoms with E-state index in [9.17, 15) is 0 Å². The van der Waals surface area contributed by atoms with Crippen LogP contribution in [0, 0.1) is 0 Å². The highest BCUT2D eigenvalue weighted by molar-refractivity contribution is 7.80. The van der Waals surface area contributed by atoms with Gasteiger partial charge in [0.05, 0.1) is 0 Å². The van der Waals surface area contributed by atoms with E-state index in [1.165, 1.54) is 11.3 Å².